The third-order valence-electron chi connectivity index (χ3n) is 12.6. The van der Waals surface area contributed by atoms with Gasteiger partial charge in [-0.05, 0) is 151 Å². The molecule has 97 heavy (non-hydrogen) atoms. The second-order valence-corrected chi connectivity index (χ2v) is 27.1. The van der Waals surface area contributed by atoms with Gasteiger partial charge in [0.15, 0.2) is 32.9 Å². The molecule has 24 nitrogen and oxygen atoms in total. The van der Waals surface area contributed by atoms with Gasteiger partial charge >= 0.3 is 0 Å². The number of nitrogen functional groups attached to an aromatic ring is 1. The summed E-state index contributed by atoms with van der Waals surface area (Å²) in [6.45, 7) is 11.4. The Morgan fingerprint density at radius 2 is 0.649 bits per heavy atom. The van der Waals surface area contributed by atoms with Crippen molar-refractivity contribution in [1.29, 1.82) is 0 Å². The zero-order valence-electron chi connectivity index (χ0n) is 54.1. The van der Waals surface area contributed by atoms with Crippen molar-refractivity contribution in [2.75, 3.05) is 48.9 Å². The number of hydrogen-bond donors (Lipinski definition) is 5. The molecule has 0 aliphatic heterocycles. The number of primary sulfonamides is 1. The summed E-state index contributed by atoms with van der Waals surface area (Å²) in [4.78, 5) is 25.8. The third-order valence-corrected chi connectivity index (χ3v) is 17.1. The SMILES string of the molecule is CC(C)Oc1ccc(S(=O)(=O)Nc2nc3ccccc3nc2Cl)cc1.CC(C)Oc1ccc(S(N)(=O)=O)cc1.COc1cc(N)cc(OC)c1.COc1cc(Nc2nc3ccccc3nc2NS(=O)(=O)c2ccc(OC(C)C)cc2)cc(OC)c1.Clc1nc2ccccc2nc1Cl. The smallest absolute Gasteiger partial charge is 0.263 e. The van der Waals surface area contributed by atoms with Crippen LogP contribution in [0.25, 0.3) is 33.1 Å². The minimum absolute atomic E-state index is 0.00672. The Hall–Kier alpha value is -9.74. The van der Waals surface area contributed by atoms with E-state index < -0.39 is 30.1 Å². The predicted octanol–water partition coefficient (Wildman–Crippen LogP) is 14.2. The van der Waals surface area contributed by atoms with Crippen LogP contribution in [0.1, 0.15) is 41.5 Å². The zero-order valence-corrected chi connectivity index (χ0v) is 58.8. The quantitative estimate of drug-likeness (QED) is 0.0470. The summed E-state index contributed by atoms with van der Waals surface area (Å²) < 4.78 is 115. The van der Waals surface area contributed by atoms with E-state index in [-0.39, 0.29) is 65.9 Å². The number of methoxy groups -OCH3 is 4. The largest absolute Gasteiger partial charge is 0.497 e. The summed E-state index contributed by atoms with van der Waals surface area (Å²) in [5.74, 6) is 4.61. The summed E-state index contributed by atoms with van der Waals surface area (Å²) in [7, 11) is -5.13. The van der Waals surface area contributed by atoms with E-state index in [4.69, 9.17) is 78.8 Å². The minimum atomic E-state index is -3.97. The fraction of sp³-hybridized carbons (Fsp3) is 0.194. The first kappa shape index (κ1) is 74.7. The van der Waals surface area contributed by atoms with Gasteiger partial charge in [0.05, 0.1) is 94.5 Å². The number of nitrogens with zero attached hydrogens (tertiary/aromatic N) is 6. The number of nitrogens with one attached hydrogen (secondary N) is 3. The van der Waals surface area contributed by atoms with Gasteiger partial charge in [-0.3, -0.25) is 9.44 Å². The molecular formula is C67H70Cl3N11O13S3. The van der Waals surface area contributed by atoms with Crippen molar-refractivity contribution in [3.8, 4) is 40.2 Å². The van der Waals surface area contributed by atoms with E-state index in [0.29, 0.717) is 73.7 Å². The van der Waals surface area contributed by atoms with Crippen molar-refractivity contribution in [2.24, 2.45) is 5.14 Å². The topological polar surface area (TPSA) is 332 Å². The number of halogens is 3. The minimum Gasteiger partial charge on any atom is -0.497 e. The van der Waals surface area contributed by atoms with E-state index in [1.807, 2.05) is 77.9 Å². The van der Waals surface area contributed by atoms with Gasteiger partial charge < -0.3 is 44.2 Å². The van der Waals surface area contributed by atoms with Crippen LogP contribution in [0.2, 0.25) is 15.5 Å². The Bertz CT molecular complexity index is 4740. The van der Waals surface area contributed by atoms with E-state index >= 15 is 0 Å². The predicted molar refractivity (Wildman–Crippen MR) is 380 cm³/mol. The summed E-state index contributed by atoms with van der Waals surface area (Å²) in [5, 5.41) is 8.56. The second kappa shape index (κ2) is 34.3. The zero-order chi connectivity index (χ0) is 70.6. The van der Waals surface area contributed by atoms with E-state index in [2.05, 4.69) is 44.7 Å². The van der Waals surface area contributed by atoms with Crippen LogP contribution in [0.15, 0.2) is 197 Å². The molecule has 0 fully saturated rings. The average Bonchev–Trinajstić information content (AvgIpc) is 0.961. The molecule has 0 aliphatic carbocycles. The molecule has 0 amide bonds. The van der Waals surface area contributed by atoms with Crippen molar-refractivity contribution in [3.05, 3.63) is 197 Å². The summed E-state index contributed by atoms with van der Waals surface area (Å²) in [5.41, 5.74) is 10.6. The number of hydrogen-bond acceptors (Lipinski definition) is 21. The maximum atomic E-state index is 13.2. The number of benzene rings is 8. The first-order chi connectivity index (χ1) is 46.0. The molecule has 0 bridgehead atoms. The van der Waals surface area contributed by atoms with Crippen LogP contribution < -0.4 is 58.8 Å². The fourth-order valence-electron chi connectivity index (χ4n) is 8.30. The van der Waals surface area contributed by atoms with E-state index in [1.54, 1.807) is 138 Å². The summed E-state index contributed by atoms with van der Waals surface area (Å²) in [6.07, 6.45) is 0.0509. The fourth-order valence-corrected chi connectivity index (χ4v) is 11.3. The number of nitrogens with two attached hydrogens (primary N) is 2. The maximum absolute atomic E-state index is 13.2. The van der Waals surface area contributed by atoms with Crippen LogP contribution >= 0.6 is 34.8 Å². The van der Waals surface area contributed by atoms with Crippen molar-refractivity contribution in [3.63, 3.8) is 0 Å². The van der Waals surface area contributed by atoms with Crippen LogP contribution in [0.4, 0.5) is 28.8 Å². The lowest BCUT2D eigenvalue weighted by Crippen LogP contribution is -2.16. The molecule has 0 atom stereocenters. The van der Waals surface area contributed by atoms with Gasteiger partial charge in [0.1, 0.15) is 40.2 Å². The Labute approximate surface area is 577 Å². The molecule has 0 saturated carbocycles. The van der Waals surface area contributed by atoms with Gasteiger partial charge in [-0.25, -0.2) is 60.3 Å². The number of ether oxygens (including phenoxy) is 7. The van der Waals surface area contributed by atoms with Crippen LogP contribution in [0, 0.1) is 0 Å². The van der Waals surface area contributed by atoms with Crippen LogP contribution in [0.3, 0.4) is 0 Å². The van der Waals surface area contributed by atoms with E-state index in [0.717, 1.165) is 11.0 Å². The molecule has 0 radical (unpaired) electrons. The molecule has 3 heterocycles. The highest BCUT2D eigenvalue weighted by Crippen LogP contribution is 2.33. The van der Waals surface area contributed by atoms with Gasteiger partial charge in [-0.15, -0.1) is 0 Å². The molecular weight excluding hydrogens is 1370 g/mol. The molecule has 11 aromatic rings. The normalized spacial score (nSPS) is 11.1. The van der Waals surface area contributed by atoms with Crippen LogP contribution in [0.5, 0.6) is 40.2 Å². The standard InChI is InChI=1S/C25H26N4O5S.C17H16ClN3O3S.C9H13NO3S.C8H4Cl2N2.C8H11NO2/c1-16(2)34-18-9-11-21(12-10-18)35(30,31)29-25-24(27-22-7-5-6-8-23(22)28-25)26-17-13-19(32-3)15-20(14-17)33-4;1-11(2)24-12-7-9-13(10-8-12)25(22,23)21-17-16(18)19-14-5-3-4-6-15(14)20-17;1-7(2)13-8-3-5-9(6-4-8)14(10,11)12;9-7-8(10)12-6-4-2-1-3-5(6)11-7;1-10-7-3-6(9)4-8(5-7)11-2/h5-16H,1-4H3,(H,26,27)(H,28,29);3-11H,1-2H3,(H,20,21);3-7H,1-2H3,(H2,10,11,12);1-4H;3-5H,9H2,1-2H3. The second-order valence-electron chi connectivity index (χ2n) is 21.1. The molecule has 0 spiro atoms. The number of rotatable bonds is 19. The van der Waals surface area contributed by atoms with E-state index in [9.17, 15) is 25.3 Å². The molecule has 7 N–H and O–H groups in total. The van der Waals surface area contributed by atoms with Gasteiger partial charge in [-0.1, -0.05) is 71.2 Å². The Morgan fingerprint density at radius 1 is 0.361 bits per heavy atom. The molecule has 510 valence electrons. The van der Waals surface area contributed by atoms with Gasteiger partial charge in [0.25, 0.3) is 20.0 Å². The Balaban J connectivity index is 0.000000185. The Morgan fingerprint density at radius 3 is 0.979 bits per heavy atom. The third kappa shape index (κ3) is 22.4. The molecule has 8 aromatic carbocycles. The molecule has 0 saturated heterocycles. The van der Waals surface area contributed by atoms with Crippen molar-refractivity contribution < 1.29 is 58.4 Å². The molecule has 30 heteroatoms. The monoisotopic (exact) mass is 1440 g/mol. The van der Waals surface area contributed by atoms with Crippen molar-refractivity contribution in [1.82, 2.24) is 29.9 Å². The molecule has 0 aliphatic rings. The Kier molecular flexibility index (Phi) is 26.4. The van der Waals surface area contributed by atoms with Gasteiger partial charge in [-0.2, -0.15) is 0 Å². The molecule has 0 unspecified atom stereocenters. The van der Waals surface area contributed by atoms with Crippen LogP contribution in [-0.4, -0.2) is 102 Å². The van der Waals surface area contributed by atoms with E-state index in [1.165, 1.54) is 36.4 Å². The number of anilines is 5. The van der Waals surface area contributed by atoms with Crippen LogP contribution in [-0.2, 0) is 30.1 Å². The molecule has 3 aromatic heterocycles. The van der Waals surface area contributed by atoms with Gasteiger partial charge in [0.2, 0.25) is 10.0 Å². The molecule has 11 rings (SSSR count). The lowest BCUT2D eigenvalue weighted by atomic mass is 10.2. The number of sulfonamides is 3. The van der Waals surface area contributed by atoms with Gasteiger partial charge in [0, 0.05) is 47.8 Å². The first-order valence-corrected chi connectivity index (χ1v) is 34.8. The number of para-hydroxylation sites is 6. The summed E-state index contributed by atoms with van der Waals surface area (Å²) in [6, 6.07) is 50.5. The van der Waals surface area contributed by atoms with Crippen molar-refractivity contribution in [2.45, 2.75) is 74.5 Å². The lowest BCUT2D eigenvalue weighted by Gasteiger charge is -2.15. The number of fused-ring (bicyclic) bond motifs is 3. The lowest BCUT2D eigenvalue weighted by molar-refractivity contribution is 0.242. The first-order valence-electron chi connectivity index (χ1n) is 29.2. The summed E-state index contributed by atoms with van der Waals surface area (Å²) >= 11 is 17.4. The number of aromatic nitrogens is 6. The van der Waals surface area contributed by atoms with Crippen molar-refractivity contribution >= 4 is 127 Å². The average molecular weight is 1440 g/mol. The highest BCUT2D eigenvalue weighted by atomic mass is 35.5. The highest BCUT2D eigenvalue weighted by Gasteiger charge is 2.22. The maximum Gasteiger partial charge on any atom is 0.263 e. The highest BCUT2D eigenvalue weighted by molar-refractivity contribution is 7.93.